The molecule has 4 rings (SSSR count). The second-order valence-corrected chi connectivity index (χ2v) is 10.9. The number of esters is 1. The van der Waals surface area contributed by atoms with Crippen LogP contribution in [0.4, 0.5) is 10.8 Å². The lowest BCUT2D eigenvalue weighted by Crippen LogP contribution is -2.70. The van der Waals surface area contributed by atoms with Crippen molar-refractivity contribution in [3.63, 3.8) is 0 Å². The predicted molar refractivity (Wildman–Crippen MR) is 145 cm³/mol. The van der Waals surface area contributed by atoms with Crippen LogP contribution in [0.1, 0.15) is 25.1 Å². The number of ether oxygens (including phenoxy) is 1. The molecule has 0 spiro atoms. The van der Waals surface area contributed by atoms with Crippen LogP contribution >= 0.6 is 23.1 Å². The van der Waals surface area contributed by atoms with Crippen LogP contribution in [0, 0.1) is 16.0 Å². The highest BCUT2D eigenvalue weighted by atomic mass is 32.2. The van der Waals surface area contributed by atoms with Crippen LogP contribution in [0.5, 0.6) is 0 Å². The highest BCUT2D eigenvalue weighted by molar-refractivity contribution is 8.00. The maximum atomic E-state index is 13.2. The number of hydrogen-bond acceptors (Lipinski definition) is 12. The van der Waals surface area contributed by atoms with E-state index in [0.717, 1.165) is 11.3 Å². The molecule has 3 heterocycles. The summed E-state index contributed by atoms with van der Waals surface area (Å²) < 4.78 is 5.33. The minimum atomic E-state index is -0.940. The van der Waals surface area contributed by atoms with Gasteiger partial charge in [0.2, 0.25) is 6.41 Å². The average Bonchev–Trinajstić information content (AvgIpc) is 3.40. The van der Waals surface area contributed by atoms with E-state index in [9.17, 15) is 29.3 Å². The minimum Gasteiger partial charge on any atom is -0.456 e. The molecular formula is C24H24N6O8S2. The topological polar surface area (TPSA) is 182 Å². The lowest BCUT2D eigenvalue weighted by Gasteiger charge is -2.48. The number of carbonyl (C=O) groups is 4. The van der Waals surface area contributed by atoms with Crippen LogP contribution in [0.3, 0.4) is 0 Å². The summed E-state index contributed by atoms with van der Waals surface area (Å²) in [5, 5.41) is 21.0. The third-order valence-electron chi connectivity index (χ3n) is 5.57. The molecule has 2 atom stereocenters. The monoisotopic (exact) mass is 588 g/mol. The number of nitro groups is 1. The number of amides is 3. The summed E-state index contributed by atoms with van der Waals surface area (Å²) in [6, 6.07) is 4.62. The number of thioether (sulfide) groups is 1. The average molecular weight is 589 g/mol. The fourth-order valence-corrected chi connectivity index (χ4v) is 5.48. The summed E-state index contributed by atoms with van der Waals surface area (Å²) in [6.07, 6.45) is 2.03. The summed E-state index contributed by atoms with van der Waals surface area (Å²) in [5.41, 5.74) is 0.504. The molecule has 0 bridgehead atoms. The number of anilines is 1. The third-order valence-corrected chi connectivity index (χ3v) is 7.52. The van der Waals surface area contributed by atoms with E-state index < -0.39 is 34.1 Å². The Kier molecular flexibility index (Phi) is 9.11. The molecule has 2 aromatic rings. The maximum absolute atomic E-state index is 13.2. The second-order valence-electron chi connectivity index (χ2n) is 8.90. The number of aromatic nitrogens is 1. The Morgan fingerprint density at radius 2 is 2.08 bits per heavy atom. The number of fused-ring (bicyclic) bond motifs is 1. The Bertz CT molecular complexity index is 1370. The number of β-lactam (4-membered cyclic amide) rings is 1. The summed E-state index contributed by atoms with van der Waals surface area (Å²) in [4.78, 5) is 70.7. The van der Waals surface area contributed by atoms with E-state index >= 15 is 0 Å². The van der Waals surface area contributed by atoms with Gasteiger partial charge in [0.25, 0.3) is 17.5 Å². The van der Waals surface area contributed by atoms with Gasteiger partial charge in [-0.25, -0.2) is 9.78 Å². The van der Waals surface area contributed by atoms with E-state index in [1.54, 1.807) is 6.08 Å². The number of oxime groups is 1. The standard InChI is InChI=1S/C24H24N6O8S2/c1-13(2)9-38-28-18(16-11-40-24(26-16)25-12-31)20(32)27-19-21(33)29-17(7-8-39-22(19)29)23(34)37-10-14-3-5-15(6-4-14)30(35)36/h3-7,11-13,19,22H,8-10H2,1-2H3,(H,27,32)(H,25,26,31)/t19?,22-/m1/s1. The van der Waals surface area contributed by atoms with Gasteiger partial charge >= 0.3 is 5.97 Å². The molecule has 14 nitrogen and oxygen atoms in total. The van der Waals surface area contributed by atoms with Crippen molar-refractivity contribution in [1.29, 1.82) is 0 Å². The number of carbonyl (C=O) groups excluding carboxylic acids is 4. The molecular weight excluding hydrogens is 564 g/mol. The van der Waals surface area contributed by atoms with Crippen molar-refractivity contribution < 1.29 is 33.7 Å². The van der Waals surface area contributed by atoms with Gasteiger partial charge in [0, 0.05) is 23.3 Å². The summed E-state index contributed by atoms with van der Waals surface area (Å²) in [6.45, 7) is 3.92. The number of nitrogens with zero attached hydrogens (tertiary/aromatic N) is 4. The van der Waals surface area contributed by atoms with Crippen molar-refractivity contribution in [2.75, 3.05) is 17.7 Å². The first-order chi connectivity index (χ1) is 19.2. The molecule has 1 aromatic heterocycles. The third kappa shape index (κ3) is 6.45. The SMILES string of the molecule is CC(C)CON=C(C(=O)NC1C(=O)N2C(C(=O)OCc3ccc([N+](=O)[O-])cc3)=CCS[C@H]12)c1csc(NC=O)n1. The molecule has 2 aliphatic rings. The number of thiazole rings is 1. The van der Waals surface area contributed by atoms with Crippen molar-refractivity contribution in [1.82, 2.24) is 15.2 Å². The van der Waals surface area contributed by atoms with Gasteiger partial charge in [-0.15, -0.1) is 23.1 Å². The van der Waals surface area contributed by atoms with Crippen LogP contribution in [-0.4, -0.2) is 68.5 Å². The van der Waals surface area contributed by atoms with Crippen molar-refractivity contribution >= 4 is 63.8 Å². The van der Waals surface area contributed by atoms with Gasteiger partial charge in [-0.3, -0.25) is 29.4 Å². The normalized spacial score (nSPS) is 18.3. The largest absolute Gasteiger partial charge is 0.456 e. The van der Waals surface area contributed by atoms with E-state index in [1.807, 2.05) is 13.8 Å². The molecule has 1 saturated heterocycles. The zero-order valence-corrected chi connectivity index (χ0v) is 22.9. The number of rotatable bonds is 12. The summed E-state index contributed by atoms with van der Waals surface area (Å²) >= 11 is 2.44. The Morgan fingerprint density at radius 1 is 1.32 bits per heavy atom. The number of nitrogens with one attached hydrogen (secondary N) is 2. The molecule has 210 valence electrons. The van der Waals surface area contributed by atoms with Gasteiger partial charge in [-0.1, -0.05) is 19.0 Å². The molecule has 0 radical (unpaired) electrons. The molecule has 2 aliphatic heterocycles. The zero-order valence-electron chi connectivity index (χ0n) is 21.3. The maximum Gasteiger partial charge on any atom is 0.355 e. The highest BCUT2D eigenvalue weighted by Gasteiger charge is 2.53. The van der Waals surface area contributed by atoms with Crippen molar-refractivity contribution in [2.24, 2.45) is 11.1 Å². The molecule has 40 heavy (non-hydrogen) atoms. The van der Waals surface area contributed by atoms with Crippen molar-refractivity contribution in [3.05, 3.63) is 62.8 Å². The molecule has 0 saturated carbocycles. The zero-order chi connectivity index (χ0) is 28.8. The van der Waals surface area contributed by atoms with E-state index in [-0.39, 0.29) is 47.1 Å². The first kappa shape index (κ1) is 28.7. The first-order valence-electron chi connectivity index (χ1n) is 11.9. The van der Waals surface area contributed by atoms with Gasteiger partial charge in [0.15, 0.2) is 10.8 Å². The van der Waals surface area contributed by atoms with E-state index in [1.165, 1.54) is 46.3 Å². The first-order valence-corrected chi connectivity index (χ1v) is 13.8. The van der Waals surface area contributed by atoms with Gasteiger partial charge in [-0.2, -0.15) is 0 Å². The molecule has 1 aromatic carbocycles. The van der Waals surface area contributed by atoms with E-state index in [4.69, 9.17) is 9.57 Å². The Balaban J connectivity index is 1.40. The number of nitro benzene ring substituents is 1. The molecule has 16 heteroatoms. The summed E-state index contributed by atoms with van der Waals surface area (Å²) in [7, 11) is 0. The molecule has 0 aliphatic carbocycles. The van der Waals surface area contributed by atoms with Crippen LogP contribution < -0.4 is 10.6 Å². The lowest BCUT2D eigenvalue weighted by molar-refractivity contribution is -0.384. The Morgan fingerprint density at radius 3 is 2.75 bits per heavy atom. The molecule has 1 unspecified atom stereocenters. The van der Waals surface area contributed by atoms with Crippen LogP contribution in [0.15, 0.2) is 46.6 Å². The van der Waals surface area contributed by atoms with Gasteiger partial charge in [-0.05, 0) is 29.7 Å². The summed E-state index contributed by atoms with van der Waals surface area (Å²) in [5.74, 6) is -1.41. The smallest absolute Gasteiger partial charge is 0.355 e. The Hall–Kier alpha value is -4.31. The van der Waals surface area contributed by atoms with E-state index in [0.29, 0.717) is 17.7 Å². The number of hydrogen-bond donors (Lipinski definition) is 2. The van der Waals surface area contributed by atoms with Gasteiger partial charge < -0.3 is 20.2 Å². The van der Waals surface area contributed by atoms with Gasteiger partial charge in [0.1, 0.15) is 36.0 Å². The fourth-order valence-electron chi connectivity index (χ4n) is 3.63. The van der Waals surface area contributed by atoms with Crippen molar-refractivity contribution in [2.45, 2.75) is 31.9 Å². The lowest BCUT2D eigenvalue weighted by atomic mass is 10.0. The highest BCUT2D eigenvalue weighted by Crippen LogP contribution is 2.38. The predicted octanol–water partition coefficient (Wildman–Crippen LogP) is 2.02. The Labute approximate surface area is 235 Å². The van der Waals surface area contributed by atoms with Crippen LogP contribution in [-0.2, 0) is 35.4 Å². The van der Waals surface area contributed by atoms with Crippen LogP contribution in [0.25, 0.3) is 0 Å². The quantitative estimate of drug-likeness (QED) is 0.0929. The minimum absolute atomic E-state index is 0.0550. The van der Waals surface area contributed by atoms with Crippen LogP contribution in [0.2, 0.25) is 0 Å². The molecule has 3 amide bonds. The van der Waals surface area contributed by atoms with Crippen molar-refractivity contribution in [3.8, 4) is 0 Å². The second kappa shape index (κ2) is 12.7. The van der Waals surface area contributed by atoms with Gasteiger partial charge in [0.05, 0.1) is 4.92 Å². The number of non-ortho nitro benzene ring substituents is 1. The molecule has 1 fully saturated rings. The fraction of sp³-hybridized carbons (Fsp3) is 0.333. The van der Waals surface area contributed by atoms with E-state index in [2.05, 4.69) is 20.8 Å². The number of benzene rings is 1. The molecule has 2 N–H and O–H groups in total.